The average Bonchev–Trinajstić information content (AvgIpc) is 3.06. The molecule has 3 fully saturated rings. The molecular formula is C22H28O. The van der Waals surface area contributed by atoms with Crippen LogP contribution in [0.3, 0.4) is 0 Å². The van der Waals surface area contributed by atoms with Crippen molar-refractivity contribution in [2.24, 2.45) is 29.1 Å². The Hall–Kier alpha value is -1.11. The minimum absolute atomic E-state index is 0.0716. The Morgan fingerprint density at radius 3 is 2.78 bits per heavy atom. The van der Waals surface area contributed by atoms with Gasteiger partial charge in [-0.15, -0.1) is 0 Å². The fourth-order valence-electron chi connectivity index (χ4n) is 7.26. The maximum Gasteiger partial charge on any atom is 0.126 e. The van der Waals surface area contributed by atoms with Gasteiger partial charge in [-0.1, -0.05) is 30.7 Å². The van der Waals surface area contributed by atoms with Gasteiger partial charge in [0.15, 0.2) is 0 Å². The second-order valence-electron chi connectivity index (χ2n) is 8.82. The van der Waals surface area contributed by atoms with Gasteiger partial charge in [-0.25, -0.2) is 0 Å². The summed E-state index contributed by atoms with van der Waals surface area (Å²) in [5.74, 6) is 4.09. The van der Waals surface area contributed by atoms with E-state index in [4.69, 9.17) is 0 Å². The normalized spacial score (nSPS) is 44.6. The van der Waals surface area contributed by atoms with E-state index in [0.717, 1.165) is 23.7 Å². The maximum atomic E-state index is 11.9. The molecule has 1 nitrogen and oxygen atoms in total. The Labute approximate surface area is 139 Å². The van der Waals surface area contributed by atoms with Gasteiger partial charge in [0, 0.05) is 5.41 Å². The van der Waals surface area contributed by atoms with Gasteiger partial charge in [-0.2, -0.15) is 0 Å². The molecule has 5 rings (SSSR count). The molecule has 0 aromatic heterocycles. The summed E-state index contributed by atoms with van der Waals surface area (Å²) in [5.41, 5.74) is 3.37. The SMILES string of the molecule is O=C[C@@]12CCCC1C1CCC3CCc4ccccc4C3C1CC2. The summed E-state index contributed by atoms with van der Waals surface area (Å²) >= 11 is 0. The first-order valence-corrected chi connectivity index (χ1v) is 9.86. The molecule has 122 valence electrons. The standard InChI is InChI=1S/C22H28O/c23-14-22-12-3-6-20(22)18-10-9-16-8-7-15-4-1-2-5-17(15)21(16)19(18)11-13-22/h1-2,4-5,14,16,18-21H,3,6-13H2/t16?,18?,19?,20?,21?,22-/m0/s1. The van der Waals surface area contributed by atoms with Crippen LogP contribution in [0.15, 0.2) is 24.3 Å². The van der Waals surface area contributed by atoms with Crippen molar-refractivity contribution in [3.63, 3.8) is 0 Å². The van der Waals surface area contributed by atoms with Crippen LogP contribution >= 0.6 is 0 Å². The molecule has 5 unspecified atom stereocenters. The zero-order valence-corrected chi connectivity index (χ0v) is 14.0. The fourth-order valence-corrected chi connectivity index (χ4v) is 7.26. The van der Waals surface area contributed by atoms with Gasteiger partial charge in [0.1, 0.15) is 6.29 Å². The highest BCUT2D eigenvalue weighted by Gasteiger charge is 2.55. The highest BCUT2D eigenvalue weighted by Crippen LogP contribution is 2.63. The first-order chi connectivity index (χ1) is 11.3. The van der Waals surface area contributed by atoms with E-state index in [0.29, 0.717) is 5.92 Å². The zero-order valence-electron chi connectivity index (χ0n) is 14.0. The molecule has 6 atom stereocenters. The van der Waals surface area contributed by atoms with Crippen LogP contribution in [-0.2, 0) is 11.2 Å². The molecule has 1 heteroatoms. The van der Waals surface area contributed by atoms with E-state index in [9.17, 15) is 4.79 Å². The van der Waals surface area contributed by atoms with Crippen LogP contribution in [0.2, 0.25) is 0 Å². The molecule has 3 saturated carbocycles. The molecule has 0 saturated heterocycles. The van der Waals surface area contributed by atoms with Crippen molar-refractivity contribution in [2.75, 3.05) is 0 Å². The van der Waals surface area contributed by atoms with Gasteiger partial charge >= 0.3 is 0 Å². The van der Waals surface area contributed by atoms with Crippen molar-refractivity contribution < 1.29 is 4.79 Å². The predicted octanol–water partition coefficient (Wildman–Crippen LogP) is 5.14. The minimum atomic E-state index is 0.0716. The summed E-state index contributed by atoms with van der Waals surface area (Å²) in [6, 6.07) is 9.25. The van der Waals surface area contributed by atoms with Crippen LogP contribution in [0.1, 0.15) is 68.4 Å². The van der Waals surface area contributed by atoms with Crippen LogP contribution in [0, 0.1) is 29.1 Å². The number of hydrogen-bond donors (Lipinski definition) is 0. The van der Waals surface area contributed by atoms with Gasteiger partial charge in [0.2, 0.25) is 0 Å². The fraction of sp³-hybridized carbons (Fsp3) is 0.682. The van der Waals surface area contributed by atoms with Crippen LogP contribution in [0.5, 0.6) is 0 Å². The molecule has 1 aromatic rings. The molecular weight excluding hydrogens is 280 g/mol. The molecule has 0 amide bonds. The van der Waals surface area contributed by atoms with Gasteiger partial charge in [-0.3, -0.25) is 0 Å². The second kappa shape index (κ2) is 5.19. The van der Waals surface area contributed by atoms with Crippen LogP contribution in [0.25, 0.3) is 0 Å². The Morgan fingerprint density at radius 2 is 1.87 bits per heavy atom. The maximum absolute atomic E-state index is 11.9. The molecule has 0 bridgehead atoms. The number of carbonyl (C=O) groups is 1. The molecule has 4 aliphatic rings. The highest BCUT2D eigenvalue weighted by molar-refractivity contribution is 5.61. The number of hydrogen-bond acceptors (Lipinski definition) is 1. The Kier molecular flexibility index (Phi) is 3.22. The van der Waals surface area contributed by atoms with Crippen molar-refractivity contribution in [3.05, 3.63) is 35.4 Å². The zero-order chi connectivity index (χ0) is 15.4. The molecule has 0 radical (unpaired) electrons. The number of fused-ring (bicyclic) bond motifs is 7. The number of benzene rings is 1. The number of aryl methyl sites for hydroxylation is 1. The van der Waals surface area contributed by atoms with Gasteiger partial charge < -0.3 is 4.79 Å². The third-order valence-electron chi connectivity index (χ3n) is 8.18. The lowest BCUT2D eigenvalue weighted by molar-refractivity contribution is -0.125. The summed E-state index contributed by atoms with van der Waals surface area (Å²) in [5, 5.41) is 0. The van der Waals surface area contributed by atoms with Crippen molar-refractivity contribution in [1.82, 2.24) is 0 Å². The number of rotatable bonds is 1. The lowest BCUT2D eigenvalue weighted by Crippen LogP contribution is -2.47. The second-order valence-corrected chi connectivity index (χ2v) is 8.82. The minimum Gasteiger partial charge on any atom is -0.303 e. The molecule has 0 spiro atoms. The van der Waals surface area contributed by atoms with Gasteiger partial charge in [-0.05, 0) is 92.1 Å². The smallest absolute Gasteiger partial charge is 0.126 e. The molecule has 0 aliphatic heterocycles. The lowest BCUT2D eigenvalue weighted by atomic mass is 9.50. The average molecular weight is 308 g/mol. The predicted molar refractivity (Wildman–Crippen MR) is 92.3 cm³/mol. The first-order valence-electron chi connectivity index (χ1n) is 9.86. The van der Waals surface area contributed by atoms with Gasteiger partial charge in [0.25, 0.3) is 0 Å². The van der Waals surface area contributed by atoms with Crippen LogP contribution in [-0.4, -0.2) is 6.29 Å². The van der Waals surface area contributed by atoms with E-state index in [1.165, 1.54) is 64.1 Å². The summed E-state index contributed by atoms with van der Waals surface area (Å²) in [4.78, 5) is 11.9. The molecule has 1 aromatic carbocycles. The lowest BCUT2D eigenvalue weighted by Gasteiger charge is -2.54. The van der Waals surface area contributed by atoms with Crippen molar-refractivity contribution in [2.45, 2.75) is 63.7 Å². The third kappa shape index (κ3) is 1.95. The summed E-state index contributed by atoms with van der Waals surface area (Å²) < 4.78 is 0. The molecule has 0 N–H and O–H groups in total. The molecule has 0 heterocycles. The first kappa shape index (κ1) is 14.3. The van der Waals surface area contributed by atoms with E-state index in [1.54, 1.807) is 11.1 Å². The molecule has 23 heavy (non-hydrogen) atoms. The van der Waals surface area contributed by atoms with E-state index in [2.05, 4.69) is 24.3 Å². The van der Waals surface area contributed by atoms with E-state index in [1.807, 2.05) is 0 Å². The van der Waals surface area contributed by atoms with E-state index in [-0.39, 0.29) is 5.41 Å². The summed E-state index contributed by atoms with van der Waals surface area (Å²) in [6.45, 7) is 0. The third-order valence-corrected chi connectivity index (χ3v) is 8.18. The van der Waals surface area contributed by atoms with Crippen LogP contribution < -0.4 is 0 Å². The van der Waals surface area contributed by atoms with E-state index < -0.39 is 0 Å². The van der Waals surface area contributed by atoms with Crippen molar-refractivity contribution in [3.8, 4) is 0 Å². The Balaban J connectivity index is 1.53. The van der Waals surface area contributed by atoms with Gasteiger partial charge in [0.05, 0.1) is 0 Å². The molecule has 4 aliphatic carbocycles. The number of carbonyl (C=O) groups excluding carboxylic acids is 1. The number of aldehydes is 1. The summed E-state index contributed by atoms with van der Waals surface area (Å²) in [7, 11) is 0. The Morgan fingerprint density at radius 1 is 0.957 bits per heavy atom. The Bertz CT molecular complexity index is 620. The van der Waals surface area contributed by atoms with Crippen molar-refractivity contribution >= 4 is 6.29 Å². The van der Waals surface area contributed by atoms with Crippen molar-refractivity contribution in [1.29, 1.82) is 0 Å². The van der Waals surface area contributed by atoms with Crippen LogP contribution in [0.4, 0.5) is 0 Å². The highest BCUT2D eigenvalue weighted by atomic mass is 16.1. The van der Waals surface area contributed by atoms with E-state index >= 15 is 0 Å². The topological polar surface area (TPSA) is 17.1 Å². The monoisotopic (exact) mass is 308 g/mol. The summed E-state index contributed by atoms with van der Waals surface area (Å²) in [6.07, 6.45) is 13.1. The quantitative estimate of drug-likeness (QED) is 0.657. The largest absolute Gasteiger partial charge is 0.303 e.